The fourth-order valence-electron chi connectivity index (χ4n) is 1.79. The molecule has 0 spiro atoms. The average Bonchev–Trinajstić information content (AvgIpc) is 2.67. The molecule has 0 atom stereocenters. The maximum atomic E-state index is 10.8. The van der Waals surface area contributed by atoms with Gasteiger partial charge in [0.05, 0.1) is 17.0 Å². The molecule has 0 aliphatic carbocycles. The molecule has 0 heterocycles. The molecule has 0 amide bonds. The maximum absolute atomic E-state index is 10.8. The van der Waals surface area contributed by atoms with E-state index in [-0.39, 0.29) is 11.4 Å². The highest BCUT2D eigenvalue weighted by molar-refractivity contribution is 9.11. The number of carbonyl (C=O) groups excluding carboxylic acids is 1. The van der Waals surface area contributed by atoms with E-state index >= 15 is 0 Å². The van der Waals surface area contributed by atoms with Crippen LogP contribution >= 0.6 is 15.9 Å². The van der Waals surface area contributed by atoms with E-state index in [0.717, 1.165) is 5.56 Å². The first-order chi connectivity index (χ1) is 12.9. The lowest BCUT2D eigenvalue weighted by Gasteiger charge is -1.94. The number of rotatable bonds is 5. The molecule has 0 unspecified atom stereocenters. The molecule has 8 nitrogen and oxygen atoms in total. The predicted molar refractivity (Wildman–Crippen MR) is 105 cm³/mol. The molecule has 27 heavy (non-hydrogen) atoms. The van der Waals surface area contributed by atoms with Gasteiger partial charge in [0, 0.05) is 30.3 Å². The molecule has 0 aliphatic heterocycles. The second kappa shape index (κ2) is 11.3. The fourth-order valence-corrected chi connectivity index (χ4v) is 2.09. The van der Waals surface area contributed by atoms with Gasteiger partial charge in [-0.3, -0.25) is 20.2 Å². The van der Waals surface area contributed by atoms with Crippen molar-refractivity contribution < 1.29 is 19.4 Å². The van der Waals surface area contributed by atoms with E-state index in [1.165, 1.54) is 43.5 Å². The van der Waals surface area contributed by atoms with Crippen molar-refractivity contribution in [1.29, 1.82) is 0 Å². The van der Waals surface area contributed by atoms with Gasteiger partial charge in [-0.25, -0.2) is 4.79 Å². The Morgan fingerprint density at radius 3 is 1.85 bits per heavy atom. The van der Waals surface area contributed by atoms with Gasteiger partial charge in [-0.1, -0.05) is 40.2 Å². The number of nitro groups is 2. The summed E-state index contributed by atoms with van der Waals surface area (Å²) in [4.78, 5) is 32.3. The second-order valence-electron chi connectivity index (χ2n) is 4.85. The topological polar surface area (TPSA) is 113 Å². The van der Waals surface area contributed by atoms with Crippen LogP contribution in [-0.2, 0) is 9.53 Å². The Hall–Kier alpha value is -3.33. The first-order valence-corrected chi connectivity index (χ1v) is 8.30. The highest BCUT2D eigenvalue weighted by Gasteiger charge is 2.04. The number of methoxy groups -OCH3 is 1. The lowest BCUT2D eigenvalue weighted by Crippen LogP contribution is -1.93. The van der Waals surface area contributed by atoms with Crippen LogP contribution in [0.1, 0.15) is 11.1 Å². The molecule has 0 N–H and O–H groups in total. The average molecular weight is 435 g/mol. The SMILES string of the molecule is COC(=O)/C=C/c1cccc([N+](=O)[O-])c1.O=[N+]([O-])c1cccc(/C=C/Br)c1. The first kappa shape index (κ1) is 21.7. The number of hydrogen-bond acceptors (Lipinski definition) is 6. The monoisotopic (exact) mass is 434 g/mol. The molecule has 0 bridgehead atoms. The lowest BCUT2D eigenvalue weighted by atomic mass is 10.2. The third kappa shape index (κ3) is 8.06. The smallest absolute Gasteiger partial charge is 0.330 e. The third-order valence-corrected chi connectivity index (χ3v) is 3.29. The highest BCUT2D eigenvalue weighted by atomic mass is 79.9. The molecule has 140 valence electrons. The molecule has 0 saturated carbocycles. The molecule has 0 aromatic heterocycles. The van der Waals surface area contributed by atoms with Crippen LogP contribution in [0.15, 0.2) is 59.6 Å². The summed E-state index contributed by atoms with van der Waals surface area (Å²) in [6.07, 6.45) is 4.41. The quantitative estimate of drug-likeness (QED) is 0.290. The van der Waals surface area contributed by atoms with Crippen LogP contribution in [0.2, 0.25) is 0 Å². The molecule has 2 aromatic rings. The standard InChI is InChI=1S/C10H9NO4.C8H6BrNO2/c1-15-10(12)6-5-8-3-2-4-9(7-8)11(13)14;9-5-4-7-2-1-3-8(6-7)10(11)12/h2-7H,1H3;1-6H/b6-5+;5-4+. The number of benzene rings is 2. The Morgan fingerprint density at radius 1 is 0.963 bits per heavy atom. The van der Waals surface area contributed by atoms with Gasteiger partial charge in [0.25, 0.3) is 11.4 Å². The number of carbonyl (C=O) groups is 1. The minimum atomic E-state index is -0.499. The zero-order valence-electron chi connectivity index (χ0n) is 14.2. The predicted octanol–water partition coefficient (Wildman–Crippen LogP) is 4.74. The number of hydrogen-bond donors (Lipinski definition) is 0. The Bertz CT molecular complexity index is 880. The number of halogens is 1. The van der Waals surface area contributed by atoms with Gasteiger partial charge >= 0.3 is 5.97 Å². The number of nitrogens with zero attached hydrogens (tertiary/aromatic N) is 2. The van der Waals surface area contributed by atoms with Gasteiger partial charge in [-0.2, -0.15) is 0 Å². The zero-order chi connectivity index (χ0) is 20.2. The number of ether oxygens (including phenoxy) is 1. The van der Waals surface area contributed by atoms with Crippen molar-refractivity contribution in [2.45, 2.75) is 0 Å². The Balaban J connectivity index is 0.000000277. The molecule has 0 radical (unpaired) electrons. The van der Waals surface area contributed by atoms with E-state index in [1.807, 2.05) is 0 Å². The van der Waals surface area contributed by atoms with Crippen LogP contribution in [0.25, 0.3) is 12.2 Å². The zero-order valence-corrected chi connectivity index (χ0v) is 15.7. The summed E-state index contributed by atoms with van der Waals surface area (Å²) in [6.45, 7) is 0. The van der Waals surface area contributed by atoms with Crippen LogP contribution in [-0.4, -0.2) is 22.9 Å². The van der Waals surface area contributed by atoms with Crippen molar-refractivity contribution >= 4 is 45.4 Å². The van der Waals surface area contributed by atoms with E-state index in [0.29, 0.717) is 5.56 Å². The van der Waals surface area contributed by atoms with E-state index in [1.54, 1.807) is 35.3 Å². The van der Waals surface area contributed by atoms with E-state index in [4.69, 9.17) is 0 Å². The minimum Gasteiger partial charge on any atom is -0.466 e. The van der Waals surface area contributed by atoms with Gasteiger partial charge in [-0.15, -0.1) is 0 Å². The molecular weight excluding hydrogens is 420 g/mol. The Kier molecular flexibility index (Phi) is 9.10. The molecule has 9 heteroatoms. The normalized spacial score (nSPS) is 10.3. The van der Waals surface area contributed by atoms with Crippen molar-refractivity contribution in [3.05, 3.63) is 90.9 Å². The van der Waals surface area contributed by atoms with Gasteiger partial charge in [0.15, 0.2) is 0 Å². The molecule has 2 rings (SSSR count). The summed E-state index contributed by atoms with van der Waals surface area (Å²) in [7, 11) is 1.26. The summed E-state index contributed by atoms with van der Waals surface area (Å²) < 4.78 is 4.39. The van der Waals surface area contributed by atoms with Crippen LogP contribution < -0.4 is 0 Å². The van der Waals surface area contributed by atoms with E-state index in [9.17, 15) is 25.0 Å². The van der Waals surface area contributed by atoms with Crippen molar-refractivity contribution in [2.24, 2.45) is 0 Å². The Labute approximate surface area is 163 Å². The largest absolute Gasteiger partial charge is 0.466 e. The van der Waals surface area contributed by atoms with Gasteiger partial charge < -0.3 is 4.74 Å². The molecule has 0 saturated heterocycles. The lowest BCUT2D eigenvalue weighted by molar-refractivity contribution is -0.385. The summed E-state index contributed by atoms with van der Waals surface area (Å²) >= 11 is 3.10. The van der Waals surface area contributed by atoms with Gasteiger partial charge in [-0.05, 0) is 28.3 Å². The summed E-state index contributed by atoms with van der Waals surface area (Å²) in [6, 6.07) is 12.4. The second-order valence-corrected chi connectivity index (χ2v) is 5.38. The van der Waals surface area contributed by atoms with Crippen LogP contribution in [0.4, 0.5) is 11.4 Å². The molecule has 2 aromatic carbocycles. The van der Waals surface area contributed by atoms with E-state index < -0.39 is 15.8 Å². The number of esters is 1. The number of non-ortho nitro benzene ring substituents is 2. The van der Waals surface area contributed by atoms with Gasteiger partial charge in [0.1, 0.15) is 0 Å². The highest BCUT2D eigenvalue weighted by Crippen LogP contribution is 2.15. The van der Waals surface area contributed by atoms with Crippen molar-refractivity contribution in [2.75, 3.05) is 7.11 Å². The molecule has 0 fully saturated rings. The van der Waals surface area contributed by atoms with Crippen molar-refractivity contribution in [3.63, 3.8) is 0 Å². The third-order valence-electron chi connectivity index (χ3n) is 3.03. The summed E-state index contributed by atoms with van der Waals surface area (Å²) in [5.41, 5.74) is 1.48. The number of nitro benzene ring substituents is 2. The van der Waals surface area contributed by atoms with E-state index in [2.05, 4.69) is 20.7 Å². The first-order valence-electron chi connectivity index (χ1n) is 7.39. The van der Waals surface area contributed by atoms with Crippen molar-refractivity contribution in [3.8, 4) is 0 Å². The maximum Gasteiger partial charge on any atom is 0.330 e. The van der Waals surface area contributed by atoms with Crippen LogP contribution in [0, 0.1) is 20.2 Å². The minimum absolute atomic E-state index is 0.0120. The Morgan fingerprint density at radius 2 is 1.44 bits per heavy atom. The van der Waals surface area contributed by atoms with Gasteiger partial charge in [0.2, 0.25) is 0 Å². The summed E-state index contributed by atoms with van der Waals surface area (Å²) in [5, 5.41) is 20.8. The summed E-state index contributed by atoms with van der Waals surface area (Å²) in [5.74, 6) is -0.499. The van der Waals surface area contributed by atoms with Crippen molar-refractivity contribution in [1.82, 2.24) is 0 Å². The van der Waals surface area contributed by atoms with Crippen LogP contribution in [0.5, 0.6) is 0 Å². The molecular formula is C18H15BrN2O6. The van der Waals surface area contributed by atoms with Crippen LogP contribution in [0.3, 0.4) is 0 Å². The molecule has 0 aliphatic rings. The fraction of sp³-hybridized carbons (Fsp3) is 0.0556.